The lowest BCUT2D eigenvalue weighted by molar-refractivity contribution is 0.0599. The van der Waals surface area contributed by atoms with Gasteiger partial charge in [0.25, 0.3) is 0 Å². The summed E-state index contributed by atoms with van der Waals surface area (Å²) in [4.78, 5) is 0. The van der Waals surface area contributed by atoms with Crippen LogP contribution in [0.4, 0.5) is 4.39 Å². The van der Waals surface area contributed by atoms with Crippen LogP contribution < -0.4 is 5.32 Å². The second-order valence-corrected chi connectivity index (χ2v) is 4.47. The zero-order chi connectivity index (χ0) is 8.60. The Hall–Kier alpha value is -0.110. The van der Waals surface area contributed by atoms with Crippen LogP contribution in [0.15, 0.2) is 0 Å². The highest BCUT2D eigenvalue weighted by atomic mass is 19.1. The second kappa shape index (κ2) is 2.99. The first-order valence-electron chi connectivity index (χ1n) is 5.11. The van der Waals surface area contributed by atoms with Crippen LogP contribution >= 0.6 is 0 Å². The first kappa shape index (κ1) is 8.49. The van der Waals surface area contributed by atoms with E-state index in [9.17, 15) is 4.39 Å². The molecule has 1 aliphatic carbocycles. The maximum Gasteiger partial charge on any atom is 0.115 e. The molecule has 2 heteroatoms. The molecular weight excluding hydrogens is 153 g/mol. The van der Waals surface area contributed by atoms with E-state index in [4.69, 9.17) is 0 Å². The van der Waals surface area contributed by atoms with Crippen molar-refractivity contribution in [1.29, 1.82) is 0 Å². The average Bonchev–Trinajstić information content (AvgIpc) is 2.88. The molecule has 0 aromatic rings. The summed E-state index contributed by atoms with van der Waals surface area (Å²) in [6.07, 6.45) is 4.46. The minimum absolute atomic E-state index is 0.277. The molecular formula is C10H18FN. The summed E-state index contributed by atoms with van der Waals surface area (Å²) < 4.78 is 14.1. The zero-order valence-electron chi connectivity index (χ0n) is 7.78. The second-order valence-electron chi connectivity index (χ2n) is 4.47. The summed E-state index contributed by atoms with van der Waals surface area (Å²) >= 11 is 0. The first-order valence-corrected chi connectivity index (χ1v) is 5.11. The van der Waals surface area contributed by atoms with Crippen LogP contribution in [0.5, 0.6) is 0 Å². The summed E-state index contributed by atoms with van der Waals surface area (Å²) in [6, 6.07) is 0. The van der Waals surface area contributed by atoms with Crippen LogP contribution in [0.25, 0.3) is 0 Å². The van der Waals surface area contributed by atoms with Gasteiger partial charge in [0.2, 0.25) is 0 Å². The standard InChI is InChI=1S/C10H18FN/c1-10(11,8-4-5-8)9-3-2-6-12-7-9/h8-9,12H,2-7H2,1H3. The first-order chi connectivity index (χ1) is 5.71. The van der Waals surface area contributed by atoms with Crippen molar-refractivity contribution in [3.8, 4) is 0 Å². The quantitative estimate of drug-likeness (QED) is 0.671. The molecule has 2 aliphatic rings. The van der Waals surface area contributed by atoms with Crippen molar-refractivity contribution in [3.05, 3.63) is 0 Å². The maximum atomic E-state index is 14.1. The highest BCUT2D eigenvalue weighted by Crippen LogP contribution is 2.47. The smallest absolute Gasteiger partial charge is 0.115 e. The van der Waals surface area contributed by atoms with E-state index in [0.29, 0.717) is 5.92 Å². The van der Waals surface area contributed by atoms with E-state index >= 15 is 0 Å². The van der Waals surface area contributed by atoms with Crippen molar-refractivity contribution in [3.63, 3.8) is 0 Å². The van der Waals surface area contributed by atoms with Crippen molar-refractivity contribution in [2.24, 2.45) is 11.8 Å². The SMILES string of the molecule is CC(F)(C1CC1)C1CCCNC1. The predicted octanol–water partition coefficient (Wildman–Crippen LogP) is 2.12. The van der Waals surface area contributed by atoms with E-state index in [0.717, 1.165) is 38.8 Å². The molecule has 0 aromatic heterocycles. The Bertz CT molecular complexity index is 157. The van der Waals surface area contributed by atoms with Crippen LogP contribution in [0, 0.1) is 11.8 Å². The number of halogens is 1. The fraction of sp³-hybridized carbons (Fsp3) is 1.00. The van der Waals surface area contributed by atoms with Crippen LogP contribution in [0.2, 0.25) is 0 Å². The van der Waals surface area contributed by atoms with Crippen molar-refractivity contribution in [2.45, 2.75) is 38.3 Å². The molecule has 2 fully saturated rings. The summed E-state index contributed by atoms with van der Waals surface area (Å²) in [7, 11) is 0. The normalized spacial score (nSPS) is 36.0. The molecule has 1 heterocycles. The number of alkyl halides is 1. The number of nitrogens with one attached hydrogen (secondary N) is 1. The van der Waals surface area contributed by atoms with E-state index in [2.05, 4.69) is 5.32 Å². The fourth-order valence-electron chi connectivity index (χ4n) is 2.31. The Balaban J connectivity index is 1.95. The number of hydrogen-bond donors (Lipinski definition) is 1. The molecule has 2 atom stereocenters. The number of rotatable bonds is 2. The highest BCUT2D eigenvalue weighted by Gasteiger charge is 2.47. The Morgan fingerprint density at radius 3 is 2.50 bits per heavy atom. The maximum absolute atomic E-state index is 14.1. The van der Waals surface area contributed by atoms with Crippen LogP contribution in [0.1, 0.15) is 32.6 Å². The van der Waals surface area contributed by atoms with Gasteiger partial charge in [-0.05, 0) is 45.1 Å². The van der Waals surface area contributed by atoms with E-state index in [-0.39, 0.29) is 5.92 Å². The van der Waals surface area contributed by atoms with Gasteiger partial charge in [0.15, 0.2) is 0 Å². The molecule has 1 nitrogen and oxygen atoms in total. The van der Waals surface area contributed by atoms with Gasteiger partial charge < -0.3 is 5.32 Å². The monoisotopic (exact) mass is 171 g/mol. The van der Waals surface area contributed by atoms with Gasteiger partial charge in [0, 0.05) is 12.5 Å². The third-order valence-electron chi connectivity index (χ3n) is 3.47. The van der Waals surface area contributed by atoms with Crippen molar-refractivity contribution in [2.75, 3.05) is 13.1 Å². The molecule has 1 aliphatic heterocycles. The minimum atomic E-state index is -0.882. The Labute approximate surface area is 73.7 Å². The van der Waals surface area contributed by atoms with Crippen LogP contribution in [0.3, 0.4) is 0 Å². The molecule has 2 unspecified atom stereocenters. The average molecular weight is 171 g/mol. The Morgan fingerprint density at radius 1 is 1.25 bits per heavy atom. The minimum Gasteiger partial charge on any atom is -0.316 e. The molecule has 0 bridgehead atoms. The van der Waals surface area contributed by atoms with Crippen molar-refractivity contribution < 1.29 is 4.39 Å². The largest absolute Gasteiger partial charge is 0.316 e. The molecule has 0 radical (unpaired) electrons. The van der Waals surface area contributed by atoms with Crippen LogP contribution in [-0.2, 0) is 0 Å². The van der Waals surface area contributed by atoms with Gasteiger partial charge in [-0.1, -0.05) is 0 Å². The molecule has 0 aromatic carbocycles. The topological polar surface area (TPSA) is 12.0 Å². The summed E-state index contributed by atoms with van der Waals surface area (Å²) in [6.45, 7) is 3.78. The van der Waals surface area contributed by atoms with Gasteiger partial charge in [-0.15, -0.1) is 0 Å². The number of hydrogen-bond acceptors (Lipinski definition) is 1. The Kier molecular flexibility index (Phi) is 2.11. The lowest BCUT2D eigenvalue weighted by Gasteiger charge is -2.34. The molecule has 1 saturated heterocycles. The molecule has 0 amide bonds. The van der Waals surface area contributed by atoms with E-state index < -0.39 is 5.67 Å². The summed E-state index contributed by atoms with van der Waals surface area (Å²) in [5, 5.41) is 3.28. The van der Waals surface area contributed by atoms with E-state index in [1.54, 1.807) is 0 Å². The highest BCUT2D eigenvalue weighted by molar-refractivity contribution is 4.97. The Morgan fingerprint density at radius 2 is 2.00 bits per heavy atom. The van der Waals surface area contributed by atoms with Gasteiger partial charge >= 0.3 is 0 Å². The number of piperidine rings is 1. The molecule has 1 saturated carbocycles. The predicted molar refractivity (Wildman–Crippen MR) is 47.8 cm³/mol. The van der Waals surface area contributed by atoms with E-state index in [1.165, 1.54) is 0 Å². The zero-order valence-corrected chi connectivity index (χ0v) is 7.78. The molecule has 2 rings (SSSR count). The third kappa shape index (κ3) is 1.49. The molecule has 70 valence electrons. The summed E-state index contributed by atoms with van der Waals surface area (Å²) in [5.74, 6) is 0.654. The van der Waals surface area contributed by atoms with Crippen molar-refractivity contribution >= 4 is 0 Å². The van der Waals surface area contributed by atoms with Gasteiger partial charge in [0.05, 0.1) is 0 Å². The molecule has 0 spiro atoms. The fourth-order valence-corrected chi connectivity index (χ4v) is 2.31. The van der Waals surface area contributed by atoms with Crippen LogP contribution in [-0.4, -0.2) is 18.8 Å². The van der Waals surface area contributed by atoms with E-state index in [1.807, 2.05) is 6.92 Å². The van der Waals surface area contributed by atoms with Gasteiger partial charge in [-0.2, -0.15) is 0 Å². The van der Waals surface area contributed by atoms with Gasteiger partial charge in [0.1, 0.15) is 5.67 Å². The summed E-state index contributed by atoms with van der Waals surface area (Å²) in [5.41, 5.74) is -0.882. The lowest BCUT2D eigenvalue weighted by Crippen LogP contribution is -2.42. The van der Waals surface area contributed by atoms with Gasteiger partial charge in [-0.3, -0.25) is 0 Å². The molecule has 1 N–H and O–H groups in total. The van der Waals surface area contributed by atoms with Gasteiger partial charge in [-0.25, -0.2) is 4.39 Å². The third-order valence-corrected chi connectivity index (χ3v) is 3.47. The molecule has 12 heavy (non-hydrogen) atoms. The lowest BCUT2D eigenvalue weighted by atomic mass is 9.82. The van der Waals surface area contributed by atoms with Crippen molar-refractivity contribution in [1.82, 2.24) is 5.32 Å².